The Morgan fingerprint density at radius 3 is 2.70 bits per heavy atom. The van der Waals surface area contributed by atoms with Crippen LogP contribution in [0.3, 0.4) is 0 Å². The molecule has 0 aliphatic carbocycles. The molecular weight excluding hydrogens is 258 g/mol. The lowest BCUT2D eigenvalue weighted by atomic mass is 10.3. The number of likely N-dealkylation sites (N-methyl/N-ethyl adjacent to an activating group) is 1. The molecule has 1 amide bonds. The predicted molar refractivity (Wildman–Crippen MR) is 73.1 cm³/mol. The van der Waals surface area contributed by atoms with Crippen molar-refractivity contribution < 1.29 is 9.21 Å². The van der Waals surface area contributed by atoms with Gasteiger partial charge >= 0.3 is 0 Å². The zero-order valence-electron chi connectivity index (χ0n) is 12.0. The van der Waals surface area contributed by atoms with Crippen LogP contribution in [0.2, 0.25) is 0 Å². The SMILES string of the molecule is Cc1ccc(CN(CCN(C)C)C(=O)c2ncn[nH]2)o1. The number of aromatic nitrogens is 3. The first-order chi connectivity index (χ1) is 9.56. The highest BCUT2D eigenvalue weighted by atomic mass is 16.3. The summed E-state index contributed by atoms with van der Waals surface area (Å²) in [4.78, 5) is 20.0. The Kier molecular flexibility index (Phi) is 4.52. The average molecular weight is 277 g/mol. The maximum Gasteiger partial charge on any atom is 0.291 e. The van der Waals surface area contributed by atoms with Crippen LogP contribution in [-0.2, 0) is 6.54 Å². The van der Waals surface area contributed by atoms with Gasteiger partial charge < -0.3 is 14.2 Å². The molecule has 0 atom stereocenters. The minimum absolute atomic E-state index is 0.182. The first-order valence-electron chi connectivity index (χ1n) is 6.41. The smallest absolute Gasteiger partial charge is 0.291 e. The van der Waals surface area contributed by atoms with Gasteiger partial charge in [-0.15, -0.1) is 0 Å². The van der Waals surface area contributed by atoms with Crippen LogP contribution in [0.25, 0.3) is 0 Å². The van der Waals surface area contributed by atoms with E-state index in [0.29, 0.717) is 13.1 Å². The van der Waals surface area contributed by atoms with Gasteiger partial charge in [0.15, 0.2) is 0 Å². The van der Waals surface area contributed by atoms with E-state index in [2.05, 4.69) is 15.2 Å². The molecule has 0 radical (unpaired) electrons. The van der Waals surface area contributed by atoms with E-state index in [-0.39, 0.29) is 11.7 Å². The molecule has 0 bridgehead atoms. The lowest BCUT2D eigenvalue weighted by Crippen LogP contribution is -2.36. The van der Waals surface area contributed by atoms with Gasteiger partial charge in [-0.25, -0.2) is 4.98 Å². The van der Waals surface area contributed by atoms with Crippen molar-refractivity contribution in [3.8, 4) is 0 Å². The number of furan rings is 1. The van der Waals surface area contributed by atoms with Gasteiger partial charge in [0.25, 0.3) is 5.91 Å². The maximum absolute atomic E-state index is 12.4. The molecule has 0 saturated carbocycles. The van der Waals surface area contributed by atoms with Crippen LogP contribution >= 0.6 is 0 Å². The Morgan fingerprint density at radius 1 is 1.35 bits per heavy atom. The van der Waals surface area contributed by atoms with Crippen LogP contribution in [0.15, 0.2) is 22.9 Å². The van der Waals surface area contributed by atoms with Gasteiger partial charge in [0.2, 0.25) is 5.82 Å². The first kappa shape index (κ1) is 14.3. The van der Waals surface area contributed by atoms with Gasteiger partial charge in [-0.2, -0.15) is 5.10 Å². The molecule has 7 heteroatoms. The minimum Gasteiger partial charge on any atom is -0.464 e. The third-order valence-corrected chi connectivity index (χ3v) is 2.86. The van der Waals surface area contributed by atoms with Crippen molar-refractivity contribution in [3.63, 3.8) is 0 Å². The highest BCUT2D eigenvalue weighted by Crippen LogP contribution is 2.11. The predicted octanol–water partition coefficient (Wildman–Crippen LogP) is 0.910. The Labute approximate surface area is 117 Å². The van der Waals surface area contributed by atoms with E-state index in [1.807, 2.05) is 38.1 Å². The Hall–Kier alpha value is -2.15. The van der Waals surface area contributed by atoms with Crippen LogP contribution in [0.1, 0.15) is 22.1 Å². The number of carbonyl (C=O) groups is 1. The summed E-state index contributed by atoms with van der Waals surface area (Å²) in [6.45, 7) is 3.65. The number of hydrogen-bond acceptors (Lipinski definition) is 5. The molecule has 0 spiro atoms. The molecule has 2 aromatic rings. The quantitative estimate of drug-likeness (QED) is 0.849. The molecule has 0 unspecified atom stereocenters. The van der Waals surface area contributed by atoms with E-state index >= 15 is 0 Å². The van der Waals surface area contributed by atoms with Crippen LogP contribution < -0.4 is 0 Å². The highest BCUT2D eigenvalue weighted by molar-refractivity contribution is 5.90. The molecule has 0 aliphatic heterocycles. The van der Waals surface area contributed by atoms with Crippen molar-refractivity contribution in [1.82, 2.24) is 25.0 Å². The zero-order valence-corrected chi connectivity index (χ0v) is 12.0. The van der Waals surface area contributed by atoms with E-state index in [4.69, 9.17) is 4.42 Å². The first-order valence-corrected chi connectivity index (χ1v) is 6.41. The number of amides is 1. The fourth-order valence-corrected chi connectivity index (χ4v) is 1.79. The van der Waals surface area contributed by atoms with Gasteiger partial charge in [-0.1, -0.05) is 0 Å². The molecular formula is C13H19N5O2. The number of H-pyrrole nitrogens is 1. The fraction of sp³-hybridized carbons (Fsp3) is 0.462. The second-order valence-electron chi connectivity index (χ2n) is 4.88. The van der Waals surface area contributed by atoms with Gasteiger partial charge in [-0.3, -0.25) is 9.89 Å². The molecule has 0 aliphatic rings. The molecule has 1 N–H and O–H groups in total. The average Bonchev–Trinajstić information content (AvgIpc) is 3.04. The van der Waals surface area contributed by atoms with Crippen LogP contribution in [0, 0.1) is 6.92 Å². The third-order valence-electron chi connectivity index (χ3n) is 2.86. The molecule has 7 nitrogen and oxygen atoms in total. The third kappa shape index (κ3) is 3.67. The van der Waals surface area contributed by atoms with Crippen molar-refractivity contribution in [3.05, 3.63) is 35.8 Å². The topological polar surface area (TPSA) is 78.3 Å². The number of carbonyl (C=O) groups excluding carboxylic acids is 1. The number of nitrogens with zero attached hydrogens (tertiary/aromatic N) is 4. The summed E-state index contributed by atoms with van der Waals surface area (Å²) >= 11 is 0. The van der Waals surface area contributed by atoms with Crippen molar-refractivity contribution in [2.45, 2.75) is 13.5 Å². The molecule has 0 fully saturated rings. The number of rotatable bonds is 6. The zero-order chi connectivity index (χ0) is 14.5. The van der Waals surface area contributed by atoms with Gasteiger partial charge in [0.05, 0.1) is 6.54 Å². The van der Waals surface area contributed by atoms with Gasteiger partial charge in [0.1, 0.15) is 17.8 Å². The van der Waals surface area contributed by atoms with Crippen molar-refractivity contribution in [2.24, 2.45) is 0 Å². The summed E-state index contributed by atoms with van der Waals surface area (Å²) < 4.78 is 5.53. The molecule has 20 heavy (non-hydrogen) atoms. The summed E-state index contributed by atoms with van der Waals surface area (Å²) in [7, 11) is 3.93. The van der Waals surface area contributed by atoms with Crippen LogP contribution in [0.5, 0.6) is 0 Å². The van der Waals surface area contributed by atoms with Crippen molar-refractivity contribution >= 4 is 5.91 Å². The normalized spacial score (nSPS) is 11.0. The lowest BCUT2D eigenvalue weighted by molar-refractivity contribution is 0.0707. The van der Waals surface area contributed by atoms with Crippen LogP contribution in [-0.4, -0.2) is 58.1 Å². The van der Waals surface area contributed by atoms with E-state index in [9.17, 15) is 4.79 Å². The van der Waals surface area contributed by atoms with Gasteiger partial charge in [-0.05, 0) is 33.2 Å². The number of aryl methyl sites for hydroxylation is 1. The van der Waals surface area contributed by atoms with Gasteiger partial charge in [0, 0.05) is 13.1 Å². The summed E-state index contributed by atoms with van der Waals surface area (Å²) in [5.74, 6) is 1.65. The number of hydrogen-bond donors (Lipinski definition) is 1. The lowest BCUT2D eigenvalue weighted by Gasteiger charge is -2.22. The van der Waals surface area contributed by atoms with E-state index in [1.165, 1.54) is 6.33 Å². The largest absolute Gasteiger partial charge is 0.464 e. The Balaban J connectivity index is 2.09. The monoisotopic (exact) mass is 277 g/mol. The molecule has 2 rings (SSSR count). The summed E-state index contributed by atoms with van der Waals surface area (Å²) in [6, 6.07) is 3.77. The molecule has 0 saturated heterocycles. The fourth-order valence-electron chi connectivity index (χ4n) is 1.79. The molecule has 108 valence electrons. The van der Waals surface area contributed by atoms with Crippen molar-refractivity contribution in [2.75, 3.05) is 27.2 Å². The highest BCUT2D eigenvalue weighted by Gasteiger charge is 2.19. The Morgan fingerprint density at radius 2 is 2.15 bits per heavy atom. The van der Waals surface area contributed by atoms with E-state index in [0.717, 1.165) is 18.1 Å². The maximum atomic E-state index is 12.4. The Bertz CT molecular complexity index is 547. The molecule has 2 heterocycles. The number of nitrogens with one attached hydrogen (secondary N) is 1. The van der Waals surface area contributed by atoms with Crippen LogP contribution in [0.4, 0.5) is 0 Å². The minimum atomic E-state index is -0.182. The molecule has 0 aromatic carbocycles. The summed E-state index contributed by atoms with van der Waals surface area (Å²) in [5.41, 5.74) is 0. The summed E-state index contributed by atoms with van der Waals surface area (Å²) in [6.07, 6.45) is 1.33. The second kappa shape index (κ2) is 6.33. The second-order valence-corrected chi connectivity index (χ2v) is 4.88. The van der Waals surface area contributed by atoms with E-state index in [1.54, 1.807) is 4.90 Å². The summed E-state index contributed by atoms with van der Waals surface area (Å²) in [5, 5.41) is 6.31. The van der Waals surface area contributed by atoms with Crippen molar-refractivity contribution in [1.29, 1.82) is 0 Å². The molecule has 2 aromatic heterocycles. The standard InChI is InChI=1S/C13H19N5O2/c1-10-4-5-11(20-10)8-18(7-6-17(2)3)13(19)12-14-9-15-16-12/h4-5,9H,6-8H2,1-3H3,(H,14,15,16). The number of aromatic amines is 1. The van der Waals surface area contributed by atoms with E-state index < -0.39 is 0 Å².